The normalized spacial score (nSPS) is 11.2. The van der Waals surface area contributed by atoms with Crippen molar-refractivity contribution in [2.24, 2.45) is 0 Å². The van der Waals surface area contributed by atoms with Crippen molar-refractivity contribution in [2.45, 2.75) is 11.3 Å². The number of hydrogen-bond acceptors (Lipinski definition) is 3. The lowest BCUT2D eigenvalue weighted by Gasteiger charge is -2.08. The lowest BCUT2D eigenvalue weighted by Crippen LogP contribution is -2.42. The van der Waals surface area contributed by atoms with Gasteiger partial charge in [-0.2, -0.15) is 0 Å². The Morgan fingerprint density at radius 2 is 1.82 bits per heavy atom. The largest absolute Gasteiger partial charge is 0.277 e. The number of amides is 1. The van der Waals surface area contributed by atoms with E-state index in [4.69, 9.17) is 0 Å². The van der Waals surface area contributed by atoms with Crippen molar-refractivity contribution in [1.29, 1.82) is 0 Å². The average Bonchev–Trinajstić information content (AvgIpc) is 2.48. The first-order valence-corrected chi connectivity index (χ1v) is 8.45. The highest BCUT2D eigenvalue weighted by atomic mass is 79.9. The van der Waals surface area contributed by atoms with Crippen molar-refractivity contribution >= 4 is 31.9 Å². The zero-order valence-electron chi connectivity index (χ0n) is 11.2. The molecule has 2 N–H and O–H groups in total. The van der Waals surface area contributed by atoms with Crippen LogP contribution >= 0.6 is 15.9 Å². The van der Waals surface area contributed by atoms with Gasteiger partial charge >= 0.3 is 0 Å². The molecule has 0 atom stereocenters. The predicted molar refractivity (Wildman–Crippen MR) is 82.7 cm³/mol. The number of carbonyl (C=O) groups excluding carboxylic acids is 1. The number of halogens is 2. The van der Waals surface area contributed by atoms with Gasteiger partial charge in [-0.25, -0.2) is 12.8 Å². The number of benzene rings is 2. The van der Waals surface area contributed by atoms with Crippen molar-refractivity contribution in [3.63, 3.8) is 0 Å². The molecule has 0 saturated carbocycles. The summed E-state index contributed by atoms with van der Waals surface area (Å²) in [7, 11) is -3.85. The zero-order valence-corrected chi connectivity index (χ0v) is 13.6. The molecule has 0 aliphatic rings. The zero-order chi connectivity index (χ0) is 16.2. The Labute approximate surface area is 135 Å². The number of hydrogen-bond donors (Lipinski definition) is 2. The van der Waals surface area contributed by atoms with Crippen LogP contribution in [0.4, 0.5) is 4.39 Å². The number of sulfonamides is 1. The van der Waals surface area contributed by atoms with Crippen LogP contribution in [-0.2, 0) is 21.2 Å². The maximum Gasteiger partial charge on any atom is 0.257 e. The first kappa shape index (κ1) is 16.6. The molecule has 0 aromatic heterocycles. The van der Waals surface area contributed by atoms with Crippen LogP contribution in [0.25, 0.3) is 0 Å². The van der Waals surface area contributed by atoms with Gasteiger partial charge in [-0.05, 0) is 35.9 Å². The molecule has 0 bridgehead atoms. The summed E-state index contributed by atoms with van der Waals surface area (Å²) in [5, 5.41) is 0. The van der Waals surface area contributed by atoms with E-state index in [1.165, 1.54) is 36.4 Å². The highest BCUT2D eigenvalue weighted by Crippen LogP contribution is 2.15. The maximum absolute atomic E-state index is 12.8. The Morgan fingerprint density at radius 3 is 2.45 bits per heavy atom. The lowest BCUT2D eigenvalue weighted by molar-refractivity contribution is -0.120. The third-order valence-corrected chi connectivity index (χ3v) is 4.45. The van der Waals surface area contributed by atoms with Crippen molar-refractivity contribution in [2.75, 3.05) is 0 Å². The van der Waals surface area contributed by atoms with E-state index in [1.54, 1.807) is 12.1 Å². The second kappa shape index (κ2) is 6.99. The van der Waals surface area contributed by atoms with Gasteiger partial charge in [0.15, 0.2) is 0 Å². The van der Waals surface area contributed by atoms with E-state index in [2.05, 4.69) is 21.4 Å². The minimum Gasteiger partial charge on any atom is -0.277 e. The van der Waals surface area contributed by atoms with Crippen LogP contribution in [0.2, 0.25) is 0 Å². The first-order valence-electron chi connectivity index (χ1n) is 6.17. The summed E-state index contributed by atoms with van der Waals surface area (Å²) in [5.41, 5.74) is 2.69. The second-order valence-corrected chi connectivity index (χ2v) is 7.01. The number of carbonyl (C=O) groups is 1. The molecule has 0 fully saturated rings. The van der Waals surface area contributed by atoms with Gasteiger partial charge in [0.1, 0.15) is 5.82 Å². The van der Waals surface area contributed by atoms with Crippen LogP contribution in [-0.4, -0.2) is 14.3 Å². The Balaban J connectivity index is 1.97. The summed E-state index contributed by atoms with van der Waals surface area (Å²) in [6, 6.07) is 11.4. The molecule has 2 aromatic carbocycles. The third kappa shape index (κ3) is 4.62. The van der Waals surface area contributed by atoms with Gasteiger partial charge < -0.3 is 0 Å². The molecule has 0 heterocycles. The van der Waals surface area contributed by atoms with Crippen LogP contribution in [0, 0.1) is 5.82 Å². The number of nitrogens with one attached hydrogen (secondary N) is 2. The Morgan fingerprint density at radius 1 is 1.14 bits per heavy atom. The summed E-state index contributed by atoms with van der Waals surface area (Å²) in [4.78, 5) is 13.7. The maximum atomic E-state index is 12.8. The third-order valence-electron chi connectivity index (χ3n) is 2.71. The second-order valence-electron chi connectivity index (χ2n) is 4.41. The summed E-state index contributed by atoms with van der Waals surface area (Å²) in [5.74, 6) is -0.954. The van der Waals surface area contributed by atoms with E-state index in [0.29, 0.717) is 10.0 Å². The molecule has 0 unspecified atom stereocenters. The van der Waals surface area contributed by atoms with Gasteiger partial charge in [0.2, 0.25) is 5.91 Å². The van der Waals surface area contributed by atoms with Crippen molar-refractivity contribution in [3.05, 3.63) is 64.4 Å². The van der Waals surface area contributed by atoms with E-state index >= 15 is 0 Å². The molecule has 2 aromatic rings. The van der Waals surface area contributed by atoms with Crippen LogP contribution < -0.4 is 10.3 Å². The molecule has 116 valence electrons. The van der Waals surface area contributed by atoms with Crippen molar-refractivity contribution in [3.8, 4) is 0 Å². The molecular weight excluding hydrogens is 375 g/mol. The molecule has 8 heteroatoms. The van der Waals surface area contributed by atoms with Crippen LogP contribution in [0.1, 0.15) is 5.56 Å². The number of hydrazine groups is 1. The van der Waals surface area contributed by atoms with Gasteiger partial charge in [0.25, 0.3) is 10.0 Å². The molecule has 0 aliphatic carbocycles. The fourth-order valence-electron chi connectivity index (χ4n) is 1.65. The Bertz CT molecular complexity index is 779. The Kier molecular flexibility index (Phi) is 5.28. The lowest BCUT2D eigenvalue weighted by atomic mass is 10.1. The van der Waals surface area contributed by atoms with Crippen LogP contribution in [0.15, 0.2) is 57.9 Å². The molecule has 0 spiro atoms. The molecule has 0 saturated heterocycles. The first-order chi connectivity index (χ1) is 10.4. The van der Waals surface area contributed by atoms with Crippen molar-refractivity contribution in [1.82, 2.24) is 10.3 Å². The molecule has 0 aliphatic heterocycles. The minimum atomic E-state index is -3.85. The van der Waals surface area contributed by atoms with E-state index in [9.17, 15) is 17.6 Å². The highest BCUT2D eigenvalue weighted by Gasteiger charge is 2.15. The molecule has 5 nitrogen and oxygen atoms in total. The summed E-state index contributed by atoms with van der Waals surface area (Å²) in [6.07, 6.45) is -0.0682. The minimum absolute atomic E-state index is 0.0176. The molecular formula is C14H12BrFN2O3S. The van der Waals surface area contributed by atoms with E-state index in [-0.39, 0.29) is 11.3 Å². The van der Waals surface area contributed by atoms with Crippen LogP contribution in [0.3, 0.4) is 0 Å². The Hall–Kier alpha value is -1.77. The quantitative estimate of drug-likeness (QED) is 0.772. The molecule has 2 rings (SSSR count). The monoisotopic (exact) mass is 386 g/mol. The smallest absolute Gasteiger partial charge is 0.257 e. The highest BCUT2D eigenvalue weighted by molar-refractivity contribution is 9.10. The predicted octanol–water partition coefficient (Wildman–Crippen LogP) is 2.14. The fourth-order valence-corrected chi connectivity index (χ4v) is 3.11. The van der Waals surface area contributed by atoms with E-state index in [1.807, 2.05) is 4.83 Å². The standard InChI is InChI=1S/C14H12BrFN2O3S/c15-11-2-1-3-13(9-11)22(20,21)18-17-14(19)8-10-4-6-12(16)7-5-10/h1-7,9,18H,8H2,(H,17,19). The van der Waals surface area contributed by atoms with E-state index in [0.717, 1.165) is 0 Å². The molecule has 22 heavy (non-hydrogen) atoms. The number of rotatable bonds is 5. The van der Waals surface area contributed by atoms with Gasteiger partial charge in [0.05, 0.1) is 11.3 Å². The van der Waals surface area contributed by atoms with Crippen LogP contribution in [0.5, 0.6) is 0 Å². The summed E-state index contributed by atoms with van der Waals surface area (Å²) < 4.78 is 37.3. The molecule has 0 radical (unpaired) electrons. The fraction of sp³-hybridized carbons (Fsp3) is 0.0714. The van der Waals surface area contributed by atoms with Crippen molar-refractivity contribution < 1.29 is 17.6 Å². The summed E-state index contributed by atoms with van der Waals surface area (Å²) in [6.45, 7) is 0. The summed E-state index contributed by atoms with van der Waals surface area (Å²) >= 11 is 3.17. The van der Waals surface area contributed by atoms with E-state index < -0.39 is 21.7 Å². The van der Waals surface area contributed by atoms with Gasteiger partial charge in [-0.1, -0.05) is 34.1 Å². The average molecular weight is 387 g/mol. The van der Waals surface area contributed by atoms with Gasteiger partial charge in [0, 0.05) is 4.47 Å². The topological polar surface area (TPSA) is 75.3 Å². The van der Waals surface area contributed by atoms with Gasteiger partial charge in [-0.15, -0.1) is 4.83 Å². The molecule has 1 amide bonds. The van der Waals surface area contributed by atoms with Gasteiger partial charge in [-0.3, -0.25) is 10.2 Å². The SMILES string of the molecule is O=C(Cc1ccc(F)cc1)NNS(=O)(=O)c1cccc(Br)c1.